The Morgan fingerprint density at radius 2 is 1.41 bits per heavy atom. The molecule has 4 N–H and O–H groups in total. The van der Waals surface area contributed by atoms with E-state index in [1.165, 1.54) is 7.11 Å². The van der Waals surface area contributed by atoms with Gasteiger partial charge in [0.1, 0.15) is 13.2 Å². The Morgan fingerprint density at radius 3 is 1.97 bits per heavy atom. The van der Waals surface area contributed by atoms with Crippen LogP contribution in [0.2, 0.25) is 0 Å². The molecular formula is C23H30N4O7. The van der Waals surface area contributed by atoms with Crippen molar-refractivity contribution in [1.29, 1.82) is 0 Å². The molecule has 0 bridgehead atoms. The maximum absolute atomic E-state index is 12.4. The van der Waals surface area contributed by atoms with Crippen LogP contribution >= 0.6 is 0 Å². The first-order valence-electron chi connectivity index (χ1n) is 11.3. The zero-order valence-corrected chi connectivity index (χ0v) is 19.0. The van der Waals surface area contributed by atoms with Crippen LogP contribution in [0.5, 0.6) is 0 Å². The van der Waals surface area contributed by atoms with Crippen LogP contribution in [-0.2, 0) is 35.3 Å². The van der Waals surface area contributed by atoms with Crippen LogP contribution in [0, 0.1) is 11.8 Å². The lowest BCUT2D eigenvalue weighted by Crippen LogP contribution is -2.56. The van der Waals surface area contributed by atoms with Gasteiger partial charge in [0.15, 0.2) is 0 Å². The summed E-state index contributed by atoms with van der Waals surface area (Å²) in [7, 11) is 1.23. The van der Waals surface area contributed by atoms with E-state index in [2.05, 4.69) is 26.0 Å². The first-order chi connectivity index (χ1) is 16.4. The molecule has 1 aromatic rings. The minimum atomic E-state index is -0.592. The molecule has 34 heavy (non-hydrogen) atoms. The second-order valence-electron chi connectivity index (χ2n) is 8.37. The minimum Gasteiger partial charge on any atom is -0.468 e. The number of hydrogen-bond donors (Lipinski definition) is 4. The Hall–Kier alpha value is -3.63. The largest absolute Gasteiger partial charge is 0.468 e. The van der Waals surface area contributed by atoms with E-state index in [0.717, 1.165) is 5.56 Å². The van der Waals surface area contributed by atoms with E-state index in [9.17, 15) is 24.0 Å². The lowest BCUT2D eigenvalue weighted by atomic mass is 9.78. The van der Waals surface area contributed by atoms with Crippen LogP contribution in [-0.4, -0.2) is 62.1 Å². The van der Waals surface area contributed by atoms with Crippen molar-refractivity contribution in [3.05, 3.63) is 35.9 Å². The molecule has 0 radical (unpaired) electrons. The van der Waals surface area contributed by atoms with E-state index >= 15 is 0 Å². The highest BCUT2D eigenvalue weighted by Gasteiger charge is 2.39. The Balaban J connectivity index is 1.33. The van der Waals surface area contributed by atoms with Gasteiger partial charge in [0.05, 0.1) is 25.5 Å². The Bertz CT molecular complexity index is 908. The third kappa shape index (κ3) is 6.93. The second kappa shape index (κ2) is 12.0. The Morgan fingerprint density at radius 1 is 0.824 bits per heavy atom. The molecule has 4 atom stereocenters. The van der Waals surface area contributed by atoms with Crippen molar-refractivity contribution < 1.29 is 33.4 Å². The van der Waals surface area contributed by atoms with E-state index in [1.54, 1.807) is 0 Å². The van der Waals surface area contributed by atoms with Crippen LogP contribution in [0.25, 0.3) is 0 Å². The normalized spacial score (nSPS) is 22.7. The van der Waals surface area contributed by atoms with Gasteiger partial charge in [-0.25, -0.2) is 4.79 Å². The van der Waals surface area contributed by atoms with E-state index in [0.29, 0.717) is 25.7 Å². The van der Waals surface area contributed by atoms with Crippen molar-refractivity contribution in [2.24, 2.45) is 11.8 Å². The van der Waals surface area contributed by atoms with E-state index < -0.39 is 29.8 Å². The summed E-state index contributed by atoms with van der Waals surface area (Å²) >= 11 is 0. The molecule has 2 saturated carbocycles. The maximum Gasteiger partial charge on any atom is 0.407 e. The van der Waals surface area contributed by atoms with Crippen LogP contribution < -0.4 is 21.3 Å². The monoisotopic (exact) mass is 474 g/mol. The molecule has 184 valence electrons. The zero-order valence-electron chi connectivity index (χ0n) is 19.0. The lowest BCUT2D eigenvalue weighted by Gasteiger charge is -2.36. The van der Waals surface area contributed by atoms with Gasteiger partial charge in [0.25, 0.3) is 0 Å². The molecule has 1 aromatic carbocycles. The Kier molecular flexibility index (Phi) is 8.83. The number of hydrogen-bond acceptors (Lipinski definition) is 7. The molecule has 2 fully saturated rings. The standard InChI is InChI=1S/C23H30N4O7/c1-33-20(29)12-25-22(31)15-7-9-17(15)26-19(28)11-24-21(30)16-8-10-18(16)27-23(32)34-13-14-5-3-2-4-6-14/h2-6,15-18H,7-13H2,1H3,(H,24,30)(H,25,31)(H,26,28)(H,27,32)/t15-,16-,17+,18+/m1/s1. The van der Waals surface area contributed by atoms with E-state index in [-0.39, 0.29) is 43.6 Å². The molecule has 0 heterocycles. The number of methoxy groups -OCH3 is 1. The first-order valence-corrected chi connectivity index (χ1v) is 11.3. The third-order valence-electron chi connectivity index (χ3n) is 6.14. The van der Waals surface area contributed by atoms with Gasteiger partial charge in [-0.3, -0.25) is 19.2 Å². The van der Waals surface area contributed by atoms with Gasteiger partial charge < -0.3 is 30.7 Å². The van der Waals surface area contributed by atoms with Gasteiger partial charge >= 0.3 is 12.1 Å². The molecule has 2 aliphatic rings. The molecule has 0 aliphatic heterocycles. The topological polar surface area (TPSA) is 152 Å². The van der Waals surface area contributed by atoms with Gasteiger partial charge in [0, 0.05) is 12.1 Å². The number of alkyl carbamates (subject to hydrolysis) is 1. The van der Waals surface area contributed by atoms with Gasteiger partial charge in [-0.05, 0) is 31.2 Å². The van der Waals surface area contributed by atoms with Crippen molar-refractivity contribution >= 4 is 29.8 Å². The van der Waals surface area contributed by atoms with Crippen LogP contribution in [0.15, 0.2) is 30.3 Å². The van der Waals surface area contributed by atoms with E-state index in [4.69, 9.17) is 4.74 Å². The molecule has 0 aromatic heterocycles. The molecule has 11 heteroatoms. The molecule has 0 saturated heterocycles. The summed E-state index contributed by atoms with van der Waals surface area (Å²) in [5, 5.41) is 10.5. The summed E-state index contributed by atoms with van der Waals surface area (Å²) in [4.78, 5) is 59.9. The van der Waals surface area contributed by atoms with Gasteiger partial charge in [-0.15, -0.1) is 0 Å². The maximum atomic E-state index is 12.4. The number of esters is 1. The number of rotatable bonds is 10. The first kappa shape index (κ1) is 25.0. The summed E-state index contributed by atoms with van der Waals surface area (Å²) < 4.78 is 9.66. The average molecular weight is 475 g/mol. The molecule has 0 unspecified atom stereocenters. The highest BCUT2D eigenvalue weighted by atomic mass is 16.5. The van der Waals surface area contributed by atoms with Crippen molar-refractivity contribution in [2.75, 3.05) is 20.2 Å². The predicted octanol–water partition coefficient (Wildman–Crippen LogP) is -0.00840. The fourth-order valence-corrected chi connectivity index (χ4v) is 3.81. The van der Waals surface area contributed by atoms with Gasteiger partial charge in [-0.2, -0.15) is 0 Å². The molecule has 4 amide bonds. The van der Waals surface area contributed by atoms with Crippen LogP contribution in [0.4, 0.5) is 4.79 Å². The third-order valence-corrected chi connectivity index (χ3v) is 6.14. The quantitative estimate of drug-likeness (QED) is 0.348. The molecule has 3 rings (SSSR count). The van der Waals surface area contributed by atoms with Crippen molar-refractivity contribution in [3.63, 3.8) is 0 Å². The summed E-state index contributed by atoms with van der Waals surface area (Å²) in [5.74, 6) is -2.47. The predicted molar refractivity (Wildman–Crippen MR) is 119 cm³/mol. The number of benzene rings is 1. The average Bonchev–Trinajstić information content (AvgIpc) is 2.81. The van der Waals surface area contributed by atoms with Crippen LogP contribution in [0.3, 0.4) is 0 Å². The second-order valence-corrected chi connectivity index (χ2v) is 8.37. The number of nitrogens with one attached hydrogen (secondary N) is 4. The smallest absolute Gasteiger partial charge is 0.407 e. The summed E-state index contributed by atoms with van der Waals surface area (Å²) in [6.45, 7) is -0.314. The van der Waals surface area contributed by atoms with E-state index in [1.807, 2.05) is 30.3 Å². The highest BCUT2D eigenvalue weighted by molar-refractivity contribution is 5.88. The van der Waals surface area contributed by atoms with Crippen molar-refractivity contribution in [2.45, 2.75) is 44.4 Å². The molecule has 0 spiro atoms. The molecule has 11 nitrogen and oxygen atoms in total. The SMILES string of the molecule is COC(=O)CNC(=O)[C@@H]1CC[C@@H]1NC(=O)CNC(=O)[C@@H]1CC[C@@H]1NC(=O)OCc1ccccc1. The highest BCUT2D eigenvalue weighted by Crippen LogP contribution is 2.28. The number of ether oxygens (including phenoxy) is 2. The number of amides is 4. The van der Waals surface area contributed by atoms with Gasteiger partial charge in [-0.1, -0.05) is 30.3 Å². The Labute approximate surface area is 197 Å². The zero-order chi connectivity index (χ0) is 24.5. The van der Waals surface area contributed by atoms with Crippen molar-refractivity contribution in [1.82, 2.24) is 21.3 Å². The van der Waals surface area contributed by atoms with Crippen molar-refractivity contribution in [3.8, 4) is 0 Å². The molecule has 2 aliphatic carbocycles. The lowest BCUT2D eigenvalue weighted by molar-refractivity contribution is -0.142. The molecular weight excluding hydrogens is 444 g/mol. The number of carbonyl (C=O) groups excluding carboxylic acids is 5. The van der Waals surface area contributed by atoms with Gasteiger partial charge in [0.2, 0.25) is 17.7 Å². The summed E-state index contributed by atoms with van der Waals surface area (Å²) in [6.07, 6.45) is 1.89. The fraction of sp³-hybridized carbons (Fsp3) is 0.522. The number of carbonyl (C=O) groups is 5. The van der Waals surface area contributed by atoms with Crippen LogP contribution in [0.1, 0.15) is 31.2 Å². The minimum absolute atomic E-state index is 0.138. The summed E-state index contributed by atoms with van der Waals surface area (Å²) in [6, 6.07) is 8.57. The fourth-order valence-electron chi connectivity index (χ4n) is 3.81. The summed E-state index contributed by atoms with van der Waals surface area (Å²) in [5.41, 5.74) is 0.862.